The maximum atomic E-state index is 6.07. The standard InChI is InChI=1S/C26H32N6O/c1-18-8-6-9-20-16-27-26(31-24(18)20)30-22-14-21(25-23(15-22)28-19(2)29-25)17-33-13-7-12-32-10-4-3-5-11-32/h6,8-9,14-16H,3-5,7,10-13,17H2,1-2H3,(H,28,29)(H,27,30,31). The van der Waals surface area contributed by atoms with Crippen LogP contribution in [0.15, 0.2) is 36.5 Å². The number of anilines is 2. The van der Waals surface area contributed by atoms with Gasteiger partial charge in [-0.3, -0.25) is 0 Å². The van der Waals surface area contributed by atoms with Gasteiger partial charge >= 0.3 is 0 Å². The molecule has 1 aliphatic heterocycles. The van der Waals surface area contributed by atoms with Crippen molar-refractivity contribution in [1.29, 1.82) is 0 Å². The van der Waals surface area contributed by atoms with E-state index in [0.717, 1.165) is 64.1 Å². The summed E-state index contributed by atoms with van der Waals surface area (Å²) in [5, 5.41) is 4.42. The highest BCUT2D eigenvalue weighted by Crippen LogP contribution is 2.26. The summed E-state index contributed by atoms with van der Waals surface area (Å²) in [6.45, 7) is 8.93. The number of ether oxygens (including phenoxy) is 1. The Kier molecular flexibility index (Phi) is 6.51. The number of nitrogens with zero attached hydrogens (tertiary/aromatic N) is 4. The van der Waals surface area contributed by atoms with Gasteiger partial charge in [-0.05, 0) is 63.9 Å². The lowest BCUT2D eigenvalue weighted by molar-refractivity contribution is 0.106. The van der Waals surface area contributed by atoms with Crippen molar-refractivity contribution in [2.24, 2.45) is 0 Å². The van der Waals surface area contributed by atoms with Crippen LogP contribution in [0.25, 0.3) is 21.9 Å². The van der Waals surface area contributed by atoms with Crippen molar-refractivity contribution in [2.45, 2.75) is 46.1 Å². The van der Waals surface area contributed by atoms with E-state index in [4.69, 9.17) is 9.72 Å². The number of H-pyrrole nitrogens is 1. The Labute approximate surface area is 194 Å². The third-order valence-corrected chi connectivity index (χ3v) is 6.32. The summed E-state index contributed by atoms with van der Waals surface area (Å²) in [6.07, 6.45) is 6.96. The zero-order valence-corrected chi connectivity index (χ0v) is 19.5. The first-order valence-electron chi connectivity index (χ1n) is 11.9. The number of para-hydroxylation sites is 1. The summed E-state index contributed by atoms with van der Waals surface area (Å²) in [7, 11) is 0. The van der Waals surface area contributed by atoms with E-state index < -0.39 is 0 Å². The van der Waals surface area contributed by atoms with Gasteiger partial charge in [0.05, 0.1) is 23.2 Å². The zero-order valence-electron chi connectivity index (χ0n) is 19.5. The molecule has 2 N–H and O–H groups in total. The first-order chi connectivity index (χ1) is 16.2. The second-order valence-corrected chi connectivity index (χ2v) is 8.99. The van der Waals surface area contributed by atoms with Crippen LogP contribution in [0.5, 0.6) is 0 Å². The van der Waals surface area contributed by atoms with Gasteiger partial charge < -0.3 is 19.9 Å². The van der Waals surface area contributed by atoms with E-state index in [1.807, 2.05) is 25.3 Å². The summed E-state index contributed by atoms with van der Waals surface area (Å²) in [5.74, 6) is 1.48. The number of aromatic amines is 1. The Morgan fingerprint density at radius 3 is 2.82 bits per heavy atom. The van der Waals surface area contributed by atoms with Gasteiger partial charge in [-0.25, -0.2) is 15.0 Å². The molecule has 0 atom stereocenters. The molecule has 1 fully saturated rings. The molecule has 33 heavy (non-hydrogen) atoms. The van der Waals surface area contributed by atoms with Crippen LogP contribution in [-0.2, 0) is 11.3 Å². The van der Waals surface area contributed by atoms with Crippen LogP contribution < -0.4 is 5.32 Å². The van der Waals surface area contributed by atoms with Crippen molar-refractivity contribution >= 4 is 33.6 Å². The smallest absolute Gasteiger partial charge is 0.227 e. The summed E-state index contributed by atoms with van der Waals surface area (Å²) in [6, 6.07) is 10.3. The number of hydrogen-bond acceptors (Lipinski definition) is 6. The summed E-state index contributed by atoms with van der Waals surface area (Å²) >= 11 is 0. The number of imidazole rings is 1. The van der Waals surface area contributed by atoms with E-state index in [0.29, 0.717) is 12.6 Å². The van der Waals surface area contributed by atoms with E-state index in [1.165, 1.54) is 32.4 Å². The van der Waals surface area contributed by atoms with Gasteiger partial charge in [-0.15, -0.1) is 0 Å². The Bertz CT molecular complexity index is 1240. The molecule has 172 valence electrons. The second kappa shape index (κ2) is 9.85. The summed E-state index contributed by atoms with van der Waals surface area (Å²) in [4.78, 5) is 19.8. The average molecular weight is 445 g/mol. The quantitative estimate of drug-likeness (QED) is 0.361. The number of nitrogens with one attached hydrogen (secondary N) is 2. The Hall–Kier alpha value is -3.03. The minimum atomic E-state index is 0.536. The number of aryl methyl sites for hydroxylation is 2. The molecule has 0 spiro atoms. The average Bonchev–Trinajstić information content (AvgIpc) is 3.20. The first-order valence-corrected chi connectivity index (χ1v) is 11.9. The van der Waals surface area contributed by atoms with Crippen molar-refractivity contribution in [3.8, 4) is 0 Å². The van der Waals surface area contributed by atoms with Crippen LogP contribution in [0.4, 0.5) is 11.6 Å². The summed E-state index contributed by atoms with van der Waals surface area (Å²) < 4.78 is 6.07. The minimum Gasteiger partial charge on any atom is -0.377 e. The van der Waals surface area contributed by atoms with Crippen molar-refractivity contribution in [3.63, 3.8) is 0 Å². The molecule has 5 rings (SSSR count). The molecule has 0 saturated carbocycles. The molecule has 2 aromatic heterocycles. The van der Waals surface area contributed by atoms with Crippen molar-refractivity contribution in [2.75, 3.05) is 31.6 Å². The molecule has 0 aliphatic carbocycles. The van der Waals surface area contributed by atoms with Gasteiger partial charge in [0.25, 0.3) is 0 Å². The van der Waals surface area contributed by atoms with Crippen LogP contribution >= 0.6 is 0 Å². The van der Waals surface area contributed by atoms with E-state index in [1.54, 1.807) is 0 Å². The van der Waals surface area contributed by atoms with Crippen molar-refractivity contribution in [1.82, 2.24) is 24.8 Å². The lowest BCUT2D eigenvalue weighted by atomic mass is 10.1. The van der Waals surface area contributed by atoms with E-state index in [9.17, 15) is 0 Å². The lowest BCUT2D eigenvalue weighted by Crippen LogP contribution is -2.31. The van der Waals surface area contributed by atoms with Crippen LogP contribution in [0.1, 0.15) is 42.6 Å². The topological polar surface area (TPSA) is 79.0 Å². The molecule has 0 radical (unpaired) electrons. The van der Waals surface area contributed by atoms with Crippen LogP contribution in [0, 0.1) is 13.8 Å². The van der Waals surface area contributed by atoms with Crippen molar-refractivity contribution in [3.05, 3.63) is 53.5 Å². The van der Waals surface area contributed by atoms with Gasteiger partial charge in [0.15, 0.2) is 0 Å². The molecule has 4 aromatic rings. The number of benzene rings is 2. The number of piperidine rings is 1. The normalized spacial score (nSPS) is 14.8. The van der Waals surface area contributed by atoms with E-state index in [2.05, 4.69) is 50.3 Å². The number of hydrogen-bond donors (Lipinski definition) is 2. The van der Waals surface area contributed by atoms with Crippen LogP contribution in [0.3, 0.4) is 0 Å². The predicted molar refractivity (Wildman–Crippen MR) is 133 cm³/mol. The highest BCUT2D eigenvalue weighted by Gasteiger charge is 2.12. The third kappa shape index (κ3) is 5.15. The Morgan fingerprint density at radius 2 is 1.94 bits per heavy atom. The fraction of sp³-hybridized carbons (Fsp3) is 0.423. The van der Waals surface area contributed by atoms with Gasteiger partial charge in [-0.1, -0.05) is 24.6 Å². The van der Waals surface area contributed by atoms with Crippen LogP contribution in [-0.4, -0.2) is 51.1 Å². The Balaban J connectivity index is 1.29. The zero-order chi connectivity index (χ0) is 22.6. The monoisotopic (exact) mass is 444 g/mol. The molecule has 7 heteroatoms. The number of rotatable bonds is 8. The van der Waals surface area contributed by atoms with Crippen molar-refractivity contribution < 1.29 is 4.74 Å². The SMILES string of the molecule is Cc1nc2c(COCCCN3CCCCC3)cc(Nc3ncc4cccc(C)c4n3)cc2[nH]1. The number of likely N-dealkylation sites (tertiary alicyclic amines) is 1. The molecule has 0 bridgehead atoms. The van der Waals surface area contributed by atoms with Gasteiger partial charge in [0, 0.05) is 36.0 Å². The van der Waals surface area contributed by atoms with Gasteiger partial charge in [0.2, 0.25) is 5.95 Å². The highest BCUT2D eigenvalue weighted by molar-refractivity contribution is 5.85. The third-order valence-electron chi connectivity index (χ3n) is 6.32. The molecule has 7 nitrogen and oxygen atoms in total. The fourth-order valence-electron chi connectivity index (χ4n) is 4.64. The minimum absolute atomic E-state index is 0.536. The molecular weight excluding hydrogens is 412 g/mol. The second-order valence-electron chi connectivity index (χ2n) is 8.99. The molecule has 3 heterocycles. The molecule has 1 saturated heterocycles. The van der Waals surface area contributed by atoms with E-state index in [-0.39, 0.29) is 0 Å². The largest absolute Gasteiger partial charge is 0.377 e. The molecule has 2 aromatic carbocycles. The Morgan fingerprint density at radius 1 is 1.06 bits per heavy atom. The van der Waals surface area contributed by atoms with Gasteiger partial charge in [0.1, 0.15) is 5.82 Å². The molecule has 0 amide bonds. The summed E-state index contributed by atoms with van der Waals surface area (Å²) in [5.41, 5.74) is 6.04. The maximum absolute atomic E-state index is 6.07. The fourth-order valence-corrected chi connectivity index (χ4v) is 4.64. The van der Waals surface area contributed by atoms with E-state index >= 15 is 0 Å². The molecule has 0 unspecified atom stereocenters. The predicted octanol–water partition coefficient (Wildman–Crippen LogP) is 5.26. The highest BCUT2D eigenvalue weighted by atomic mass is 16.5. The lowest BCUT2D eigenvalue weighted by Gasteiger charge is -2.26. The van der Waals surface area contributed by atoms with Crippen LogP contribution in [0.2, 0.25) is 0 Å². The maximum Gasteiger partial charge on any atom is 0.227 e. The molecule has 1 aliphatic rings. The van der Waals surface area contributed by atoms with Gasteiger partial charge in [-0.2, -0.15) is 0 Å². The number of aromatic nitrogens is 4. The molecular formula is C26H32N6O. The first kappa shape index (κ1) is 21.8. The number of fused-ring (bicyclic) bond motifs is 2.